The van der Waals surface area contributed by atoms with Gasteiger partial charge in [0.25, 0.3) is 0 Å². The lowest BCUT2D eigenvalue weighted by Crippen LogP contribution is -2.47. The summed E-state index contributed by atoms with van der Waals surface area (Å²) in [4.78, 5) is 26.3. The highest BCUT2D eigenvalue weighted by Gasteiger charge is 2.41. The molecule has 1 fully saturated rings. The van der Waals surface area contributed by atoms with Crippen LogP contribution in [0.3, 0.4) is 0 Å². The Hall–Kier alpha value is -3.75. The van der Waals surface area contributed by atoms with Gasteiger partial charge in [-0.15, -0.1) is 0 Å². The highest BCUT2D eigenvalue weighted by Crippen LogP contribution is 2.42. The van der Waals surface area contributed by atoms with Crippen molar-refractivity contribution < 1.29 is 24.2 Å². The molecule has 8 heteroatoms. The number of esters is 2. The summed E-state index contributed by atoms with van der Waals surface area (Å²) in [7, 11) is 2.59. The Bertz CT molecular complexity index is 1220. The Morgan fingerprint density at radius 3 is 1.95 bits per heavy atom. The van der Waals surface area contributed by atoms with E-state index in [1.807, 2.05) is 65.6 Å². The minimum atomic E-state index is -1.13. The second kappa shape index (κ2) is 11.5. The molecule has 0 unspecified atom stereocenters. The molecule has 0 aliphatic carbocycles. The summed E-state index contributed by atoms with van der Waals surface area (Å²) >= 11 is 5.68. The van der Waals surface area contributed by atoms with Crippen molar-refractivity contribution in [2.75, 3.05) is 32.6 Å². The number of hydrogen-bond acceptors (Lipinski definition) is 6. The van der Waals surface area contributed by atoms with Gasteiger partial charge in [-0.3, -0.25) is 0 Å². The topological polar surface area (TPSA) is 88.1 Å². The third kappa shape index (κ3) is 5.50. The number of methoxy groups -OCH3 is 2. The van der Waals surface area contributed by atoms with Gasteiger partial charge >= 0.3 is 11.9 Å². The zero-order chi connectivity index (χ0) is 26.4. The Kier molecular flexibility index (Phi) is 8.21. The molecule has 7 nitrogen and oxygen atoms in total. The van der Waals surface area contributed by atoms with Crippen LogP contribution >= 0.6 is 12.2 Å². The van der Waals surface area contributed by atoms with Crippen molar-refractivity contribution in [2.45, 2.75) is 18.4 Å². The Morgan fingerprint density at radius 1 is 0.892 bits per heavy atom. The van der Waals surface area contributed by atoms with Gasteiger partial charge in [0, 0.05) is 13.1 Å². The largest absolute Gasteiger partial charge is 0.465 e. The highest BCUT2D eigenvalue weighted by molar-refractivity contribution is 7.80. The molecule has 0 bridgehead atoms. The first-order valence-electron chi connectivity index (χ1n) is 12.1. The quantitative estimate of drug-likeness (QED) is 0.362. The van der Waals surface area contributed by atoms with Crippen LogP contribution in [0.25, 0.3) is 0 Å². The van der Waals surface area contributed by atoms with Crippen LogP contribution in [0.4, 0.5) is 5.69 Å². The van der Waals surface area contributed by atoms with E-state index in [9.17, 15) is 14.7 Å². The van der Waals surface area contributed by atoms with Crippen molar-refractivity contribution in [1.29, 1.82) is 0 Å². The van der Waals surface area contributed by atoms with Crippen LogP contribution < -0.4 is 5.32 Å². The zero-order valence-corrected chi connectivity index (χ0v) is 21.7. The molecular weight excluding hydrogens is 488 g/mol. The van der Waals surface area contributed by atoms with Crippen molar-refractivity contribution in [1.82, 2.24) is 4.90 Å². The van der Waals surface area contributed by atoms with Crippen molar-refractivity contribution in [3.05, 3.63) is 101 Å². The molecule has 1 aliphatic rings. The third-order valence-corrected chi connectivity index (χ3v) is 7.25. The van der Waals surface area contributed by atoms with Gasteiger partial charge in [-0.2, -0.15) is 0 Å². The van der Waals surface area contributed by atoms with Gasteiger partial charge in [0.1, 0.15) is 5.60 Å². The monoisotopic (exact) mass is 518 g/mol. The molecule has 1 aliphatic heterocycles. The maximum absolute atomic E-state index is 12.3. The fraction of sp³-hybridized carbons (Fsp3) is 0.276. The molecule has 0 atom stereocenters. The number of ether oxygens (including phenoxy) is 2. The Morgan fingerprint density at radius 2 is 1.43 bits per heavy atom. The predicted molar refractivity (Wildman–Crippen MR) is 146 cm³/mol. The van der Waals surface area contributed by atoms with Gasteiger partial charge in [-0.1, -0.05) is 60.7 Å². The van der Waals surface area contributed by atoms with Crippen LogP contribution in [0.5, 0.6) is 0 Å². The molecule has 0 saturated carbocycles. The van der Waals surface area contributed by atoms with Crippen LogP contribution in [-0.4, -0.2) is 54.4 Å². The second-order valence-corrected chi connectivity index (χ2v) is 9.32. The SMILES string of the molecule is COC(=O)c1ccc(C(=O)OC)c(NC(=S)N2CCC(C(O)(c3ccccc3)c3ccccc3)CC2)c1. The Balaban J connectivity index is 1.53. The maximum atomic E-state index is 12.3. The van der Waals surface area contributed by atoms with Gasteiger partial charge in [0.15, 0.2) is 5.11 Å². The Labute approximate surface area is 222 Å². The number of aliphatic hydroxyl groups is 1. The third-order valence-electron chi connectivity index (χ3n) is 6.89. The first-order valence-corrected chi connectivity index (χ1v) is 12.5. The molecule has 1 saturated heterocycles. The van der Waals surface area contributed by atoms with Crippen LogP contribution in [0.15, 0.2) is 78.9 Å². The number of nitrogens with one attached hydrogen (secondary N) is 1. The van der Waals surface area contributed by atoms with E-state index in [1.165, 1.54) is 32.4 Å². The first-order chi connectivity index (χ1) is 17.9. The van der Waals surface area contributed by atoms with Gasteiger partial charge in [0.2, 0.25) is 0 Å². The fourth-order valence-corrected chi connectivity index (χ4v) is 5.19. The highest BCUT2D eigenvalue weighted by atomic mass is 32.1. The van der Waals surface area contributed by atoms with Gasteiger partial charge < -0.3 is 24.8 Å². The fourth-order valence-electron chi connectivity index (χ4n) is 4.90. The lowest BCUT2D eigenvalue weighted by molar-refractivity contribution is -0.00632. The minimum absolute atomic E-state index is 0.0235. The number of carbonyl (C=O) groups excluding carboxylic acids is 2. The average Bonchev–Trinajstić information content (AvgIpc) is 2.96. The van der Waals surface area contributed by atoms with E-state index in [-0.39, 0.29) is 17.0 Å². The zero-order valence-electron chi connectivity index (χ0n) is 20.8. The van der Waals surface area contributed by atoms with Gasteiger partial charge in [0.05, 0.1) is 31.0 Å². The second-order valence-electron chi connectivity index (χ2n) is 8.93. The first kappa shape index (κ1) is 26.3. The summed E-state index contributed by atoms with van der Waals surface area (Å²) in [6.07, 6.45) is 1.41. The number of benzene rings is 3. The normalized spacial score (nSPS) is 14.1. The molecule has 3 aromatic carbocycles. The summed E-state index contributed by atoms with van der Waals surface area (Å²) in [6, 6.07) is 24.1. The molecule has 192 valence electrons. The van der Waals surface area contributed by atoms with Gasteiger partial charge in [-0.05, 0) is 60.3 Å². The van der Waals surface area contributed by atoms with E-state index in [1.54, 1.807) is 0 Å². The van der Waals surface area contributed by atoms with E-state index < -0.39 is 17.5 Å². The molecule has 0 spiro atoms. The molecule has 4 rings (SSSR count). The summed E-state index contributed by atoms with van der Waals surface area (Å²) < 4.78 is 9.69. The number of carbonyl (C=O) groups is 2. The van der Waals surface area contributed by atoms with E-state index in [0.717, 1.165) is 11.1 Å². The summed E-state index contributed by atoms with van der Waals surface area (Å²) in [5, 5.41) is 15.6. The molecule has 0 amide bonds. The van der Waals surface area contributed by atoms with Crippen LogP contribution in [0.1, 0.15) is 44.7 Å². The molecule has 37 heavy (non-hydrogen) atoms. The summed E-state index contributed by atoms with van der Waals surface area (Å²) in [5.41, 5.74) is 1.51. The average molecular weight is 519 g/mol. The van der Waals surface area contributed by atoms with E-state index in [0.29, 0.717) is 36.7 Å². The van der Waals surface area contributed by atoms with E-state index >= 15 is 0 Å². The van der Waals surface area contributed by atoms with E-state index in [2.05, 4.69) is 5.32 Å². The number of anilines is 1. The number of likely N-dealkylation sites (tertiary alicyclic amines) is 1. The van der Waals surface area contributed by atoms with Crippen molar-refractivity contribution in [3.63, 3.8) is 0 Å². The molecule has 0 aromatic heterocycles. The molecule has 0 radical (unpaired) electrons. The summed E-state index contributed by atoms with van der Waals surface area (Å²) in [6.45, 7) is 1.23. The summed E-state index contributed by atoms with van der Waals surface area (Å²) in [5.74, 6) is -1.09. The molecule has 1 heterocycles. The lowest BCUT2D eigenvalue weighted by Gasteiger charge is -2.43. The maximum Gasteiger partial charge on any atom is 0.339 e. The van der Waals surface area contributed by atoms with Crippen molar-refractivity contribution in [3.8, 4) is 0 Å². The smallest absolute Gasteiger partial charge is 0.339 e. The lowest BCUT2D eigenvalue weighted by atomic mass is 9.72. The van der Waals surface area contributed by atoms with Crippen LogP contribution in [-0.2, 0) is 15.1 Å². The van der Waals surface area contributed by atoms with Gasteiger partial charge in [-0.25, -0.2) is 9.59 Å². The molecule has 3 aromatic rings. The number of hydrogen-bond donors (Lipinski definition) is 2. The van der Waals surface area contributed by atoms with Crippen LogP contribution in [0, 0.1) is 5.92 Å². The minimum Gasteiger partial charge on any atom is -0.465 e. The van der Waals surface area contributed by atoms with Crippen molar-refractivity contribution >= 4 is 35.0 Å². The number of rotatable bonds is 6. The number of thiocarbonyl (C=S) groups is 1. The number of piperidine rings is 1. The molecular formula is C29H30N2O5S. The standard InChI is InChI=1S/C29H30N2O5S/c1-35-26(32)20-13-14-24(27(33)36-2)25(19-20)30-28(37)31-17-15-23(16-18-31)29(34,21-9-5-3-6-10-21)22-11-7-4-8-12-22/h3-14,19,23,34H,15-18H2,1-2H3,(H,30,37). The van der Waals surface area contributed by atoms with E-state index in [4.69, 9.17) is 21.7 Å². The predicted octanol–water partition coefficient (Wildman–Crippen LogP) is 4.60. The number of nitrogens with zero attached hydrogens (tertiary/aromatic N) is 1. The molecule has 2 N–H and O–H groups in total. The van der Waals surface area contributed by atoms with Crippen LogP contribution in [0.2, 0.25) is 0 Å². The van der Waals surface area contributed by atoms with Crippen molar-refractivity contribution in [2.24, 2.45) is 5.92 Å².